The van der Waals surface area contributed by atoms with Crippen molar-refractivity contribution in [1.82, 2.24) is 0 Å². The zero-order valence-electron chi connectivity index (χ0n) is 22.0. The van der Waals surface area contributed by atoms with E-state index < -0.39 is 0 Å². The molecule has 0 radical (unpaired) electrons. The van der Waals surface area contributed by atoms with Crippen molar-refractivity contribution in [2.45, 2.75) is 78.6 Å². The van der Waals surface area contributed by atoms with Gasteiger partial charge in [-0.1, -0.05) is 113 Å². The smallest absolute Gasteiger partial charge is 0.0281 e. The van der Waals surface area contributed by atoms with E-state index in [4.69, 9.17) is 0 Å². The van der Waals surface area contributed by atoms with E-state index in [1.54, 1.807) is 11.1 Å². The van der Waals surface area contributed by atoms with Gasteiger partial charge in [0, 0.05) is 5.92 Å². The molecular weight excluding hydrogens is 420 g/mol. The van der Waals surface area contributed by atoms with Crippen LogP contribution in [0.2, 0.25) is 0 Å². The minimum absolute atomic E-state index is 0.407. The van der Waals surface area contributed by atoms with E-state index in [1.165, 1.54) is 84.8 Å². The van der Waals surface area contributed by atoms with Gasteiger partial charge >= 0.3 is 0 Å². The van der Waals surface area contributed by atoms with Gasteiger partial charge in [-0.05, 0) is 94.9 Å². The first-order chi connectivity index (χ1) is 17.1. The van der Waals surface area contributed by atoms with Gasteiger partial charge < -0.3 is 0 Å². The number of fused-ring (bicyclic) bond motifs is 2. The second kappa shape index (κ2) is 11.0. The van der Waals surface area contributed by atoms with Gasteiger partial charge in [0.05, 0.1) is 0 Å². The zero-order valence-corrected chi connectivity index (χ0v) is 22.0. The van der Waals surface area contributed by atoms with Crippen molar-refractivity contribution in [2.75, 3.05) is 0 Å². The summed E-state index contributed by atoms with van der Waals surface area (Å²) in [5, 5.41) is 0. The topological polar surface area (TPSA) is 0 Å². The number of benzene rings is 2. The average Bonchev–Trinajstić information content (AvgIpc) is 3.57. The van der Waals surface area contributed by atoms with Gasteiger partial charge in [-0.3, -0.25) is 0 Å². The molecule has 0 bridgehead atoms. The summed E-state index contributed by atoms with van der Waals surface area (Å²) in [6.07, 6.45) is 23.1. The summed E-state index contributed by atoms with van der Waals surface area (Å²) < 4.78 is 0. The van der Waals surface area contributed by atoms with Crippen LogP contribution in [-0.4, -0.2) is 0 Å². The van der Waals surface area contributed by atoms with Crippen LogP contribution < -0.4 is 0 Å². The van der Waals surface area contributed by atoms with Crippen LogP contribution in [0.5, 0.6) is 0 Å². The minimum atomic E-state index is 0.407. The summed E-state index contributed by atoms with van der Waals surface area (Å²) in [5.41, 5.74) is 11.9. The second-order valence-electron chi connectivity index (χ2n) is 11.2. The quantitative estimate of drug-likeness (QED) is 0.330. The van der Waals surface area contributed by atoms with Crippen LogP contribution in [0.25, 0.3) is 5.57 Å². The molecular formula is C35H42. The van der Waals surface area contributed by atoms with Gasteiger partial charge in [0.25, 0.3) is 0 Å². The molecule has 0 spiro atoms. The number of rotatable bonds is 10. The molecule has 0 saturated heterocycles. The number of allylic oxidation sites excluding steroid dienone is 8. The lowest BCUT2D eigenvalue weighted by Crippen LogP contribution is -2.10. The van der Waals surface area contributed by atoms with Crippen LogP contribution in [0.4, 0.5) is 0 Å². The Hall–Kier alpha value is -2.60. The van der Waals surface area contributed by atoms with E-state index in [0.29, 0.717) is 5.92 Å². The minimum Gasteiger partial charge on any atom is -0.0726 e. The van der Waals surface area contributed by atoms with Gasteiger partial charge in [0.1, 0.15) is 0 Å². The third-order valence-corrected chi connectivity index (χ3v) is 8.80. The van der Waals surface area contributed by atoms with E-state index in [2.05, 4.69) is 93.6 Å². The first-order valence-electron chi connectivity index (χ1n) is 14.1. The molecule has 0 saturated carbocycles. The highest BCUT2D eigenvalue weighted by Crippen LogP contribution is 2.42. The van der Waals surface area contributed by atoms with Crippen LogP contribution in [0.15, 0.2) is 84.0 Å². The Balaban J connectivity index is 1.27. The van der Waals surface area contributed by atoms with E-state index in [1.807, 2.05) is 0 Å². The summed E-state index contributed by atoms with van der Waals surface area (Å²) >= 11 is 0. The summed E-state index contributed by atoms with van der Waals surface area (Å²) in [6, 6.07) is 16.7. The van der Waals surface area contributed by atoms with Crippen molar-refractivity contribution in [3.05, 3.63) is 112 Å². The van der Waals surface area contributed by atoms with Gasteiger partial charge in [-0.2, -0.15) is 0 Å². The SMILES string of the molecule is CCC(C)CCC(CC)Cc1ccc(CC2=CC=C(c3ccc4c(c3)CCC4)C3C=CC=C23)cc1. The van der Waals surface area contributed by atoms with E-state index >= 15 is 0 Å². The van der Waals surface area contributed by atoms with Crippen molar-refractivity contribution in [3.63, 3.8) is 0 Å². The van der Waals surface area contributed by atoms with Gasteiger partial charge in [0.2, 0.25) is 0 Å². The maximum absolute atomic E-state index is 2.46. The van der Waals surface area contributed by atoms with Crippen LogP contribution in [0.3, 0.4) is 0 Å². The molecule has 2 aromatic rings. The molecule has 0 amide bonds. The normalized spacial score (nSPS) is 20.1. The Morgan fingerprint density at radius 1 is 0.800 bits per heavy atom. The van der Waals surface area contributed by atoms with Gasteiger partial charge in [0.15, 0.2) is 0 Å². The summed E-state index contributed by atoms with van der Waals surface area (Å²) in [7, 11) is 0. The fourth-order valence-electron chi connectivity index (χ4n) is 6.16. The molecule has 3 aliphatic rings. The molecule has 182 valence electrons. The number of hydrogen-bond donors (Lipinski definition) is 0. The maximum Gasteiger partial charge on any atom is 0.0281 e. The van der Waals surface area contributed by atoms with Crippen LogP contribution >= 0.6 is 0 Å². The Bertz CT molecular complexity index is 1150. The lowest BCUT2D eigenvalue weighted by molar-refractivity contribution is 0.392. The highest BCUT2D eigenvalue weighted by atomic mass is 14.3. The van der Waals surface area contributed by atoms with Crippen LogP contribution in [-0.2, 0) is 25.7 Å². The summed E-state index contributed by atoms with van der Waals surface area (Å²) in [6.45, 7) is 7.07. The zero-order chi connectivity index (χ0) is 24.2. The van der Waals surface area contributed by atoms with E-state index in [-0.39, 0.29) is 0 Å². The molecule has 0 aliphatic heterocycles. The highest BCUT2D eigenvalue weighted by molar-refractivity contribution is 5.79. The summed E-state index contributed by atoms with van der Waals surface area (Å²) in [5.74, 6) is 2.08. The maximum atomic E-state index is 2.46. The molecule has 2 aromatic carbocycles. The lowest BCUT2D eigenvalue weighted by Gasteiger charge is -2.25. The fourth-order valence-corrected chi connectivity index (χ4v) is 6.16. The molecule has 0 nitrogen and oxygen atoms in total. The van der Waals surface area contributed by atoms with Crippen LogP contribution in [0.1, 0.15) is 80.7 Å². The van der Waals surface area contributed by atoms with Crippen LogP contribution in [0, 0.1) is 17.8 Å². The molecule has 3 unspecified atom stereocenters. The first-order valence-corrected chi connectivity index (χ1v) is 14.1. The fraction of sp³-hybridized carbons (Fsp3) is 0.429. The highest BCUT2D eigenvalue weighted by Gasteiger charge is 2.26. The molecule has 0 N–H and O–H groups in total. The third kappa shape index (κ3) is 5.48. The lowest BCUT2D eigenvalue weighted by atomic mass is 9.79. The Kier molecular flexibility index (Phi) is 7.57. The molecule has 0 aromatic heterocycles. The van der Waals surface area contributed by atoms with Crippen molar-refractivity contribution < 1.29 is 0 Å². The van der Waals surface area contributed by atoms with Gasteiger partial charge in [-0.25, -0.2) is 0 Å². The molecule has 35 heavy (non-hydrogen) atoms. The molecule has 5 rings (SSSR count). The Morgan fingerprint density at radius 2 is 1.60 bits per heavy atom. The molecule has 0 heterocycles. The molecule has 3 aliphatic carbocycles. The Labute approximate surface area is 213 Å². The standard InChI is InChI=1S/C35H42/c1-4-25(3)12-13-26(5-2)22-27-14-16-28(17-15-27)23-31-20-21-34(35-11-7-10-33(31)35)32-19-18-29-8-6-9-30(29)24-32/h7,10-11,14-21,24-26,35H,4-6,8-9,12-13,22-23H2,1-3H3. The Morgan fingerprint density at radius 3 is 2.40 bits per heavy atom. The molecule has 0 heteroatoms. The summed E-state index contributed by atoms with van der Waals surface area (Å²) in [4.78, 5) is 0. The number of aryl methyl sites for hydroxylation is 2. The monoisotopic (exact) mass is 462 g/mol. The number of hydrogen-bond acceptors (Lipinski definition) is 0. The molecule has 0 fully saturated rings. The van der Waals surface area contributed by atoms with E-state index in [9.17, 15) is 0 Å². The van der Waals surface area contributed by atoms with Crippen molar-refractivity contribution >= 4 is 5.57 Å². The van der Waals surface area contributed by atoms with E-state index in [0.717, 1.165) is 18.3 Å². The average molecular weight is 463 g/mol. The second-order valence-corrected chi connectivity index (χ2v) is 11.2. The first kappa shape index (κ1) is 24.1. The van der Waals surface area contributed by atoms with Crippen molar-refractivity contribution in [3.8, 4) is 0 Å². The van der Waals surface area contributed by atoms with Crippen molar-refractivity contribution in [2.24, 2.45) is 17.8 Å². The molecule has 3 atom stereocenters. The predicted molar refractivity (Wildman–Crippen MR) is 152 cm³/mol. The van der Waals surface area contributed by atoms with Crippen molar-refractivity contribution in [1.29, 1.82) is 0 Å². The van der Waals surface area contributed by atoms with Gasteiger partial charge in [-0.15, -0.1) is 0 Å². The predicted octanol–water partition coefficient (Wildman–Crippen LogP) is 9.25. The third-order valence-electron chi connectivity index (χ3n) is 8.80. The largest absolute Gasteiger partial charge is 0.0726 e.